The van der Waals surface area contributed by atoms with E-state index in [0.717, 1.165) is 61.9 Å². The van der Waals surface area contributed by atoms with Crippen LogP contribution in [0.15, 0.2) is 42.5 Å². The van der Waals surface area contributed by atoms with Crippen LogP contribution in [0.3, 0.4) is 0 Å². The van der Waals surface area contributed by atoms with E-state index in [-0.39, 0.29) is 0 Å². The number of benzene rings is 2. The molecule has 2 heteroatoms. The van der Waals surface area contributed by atoms with Crippen molar-refractivity contribution in [2.45, 2.75) is 83.6 Å². The number of ether oxygens (including phenoxy) is 1. The second-order valence-corrected chi connectivity index (χ2v) is 13.5. The van der Waals surface area contributed by atoms with Gasteiger partial charge in [0.15, 0.2) is 0 Å². The molecule has 0 amide bonds. The maximum absolute atomic E-state index is 5.66. The summed E-state index contributed by atoms with van der Waals surface area (Å²) in [5, 5.41) is 2.81. The summed E-state index contributed by atoms with van der Waals surface area (Å²) in [7, 11) is 0. The summed E-state index contributed by atoms with van der Waals surface area (Å²) < 4.78 is 5.66. The molecule has 0 aromatic heterocycles. The molecule has 188 valence electrons. The summed E-state index contributed by atoms with van der Waals surface area (Å²) in [6, 6.07) is 17.1. The highest BCUT2D eigenvalue weighted by molar-refractivity contribution is 5.83. The van der Waals surface area contributed by atoms with E-state index in [1.807, 2.05) is 0 Å². The smallest absolute Gasteiger partial charge is 0.0594 e. The number of nitrogens with zero attached hydrogens (tertiary/aromatic N) is 1. The summed E-state index contributed by atoms with van der Waals surface area (Å²) in [6.07, 6.45) is 13.2. The quantitative estimate of drug-likeness (QED) is 0.445. The predicted octanol–water partition coefficient (Wildman–Crippen LogP) is 7.67. The van der Waals surface area contributed by atoms with Crippen LogP contribution in [0.25, 0.3) is 10.8 Å². The van der Waals surface area contributed by atoms with Gasteiger partial charge in [-0.05, 0) is 115 Å². The molecule has 0 radical (unpaired) electrons. The largest absolute Gasteiger partial charge is 0.379 e. The van der Waals surface area contributed by atoms with E-state index in [0.29, 0.717) is 10.8 Å². The van der Waals surface area contributed by atoms with Crippen molar-refractivity contribution >= 4 is 10.8 Å². The van der Waals surface area contributed by atoms with Crippen molar-refractivity contribution in [3.63, 3.8) is 0 Å². The van der Waals surface area contributed by atoms with E-state index in [1.165, 1.54) is 68.6 Å². The van der Waals surface area contributed by atoms with Crippen LogP contribution in [0.5, 0.6) is 0 Å². The number of hydrogen-bond donors (Lipinski definition) is 0. The second kappa shape index (κ2) is 8.59. The average Bonchev–Trinajstić information content (AvgIpc) is 3.25. The Morgan fingerprint density at radius 2 is 1.54 bits per heavy atom. The van der Waals surface area contributed by atoms with Crippen LogP contribution in [-0.4, -0.2) is 37.2 Å². The van der Waals surface area contributed by atoms with E-state index in [2.05, 4.69) is 61.2 Å². The van der Waals surface area contributed by atoms with Crippen LogP contribution in [0, 0.1) is 34.5 Å². The minimum atomic E-state index is 0.498. The maximum atomic E-state index is 5.66. The molecule has 0 bridgehead atoms. The van der Waals surface area contributed by atoms with Crippen molar-refractivity contribution in [3.05, 3.63) is 48.0 Å². The Bertz CT molecular complexity index is 1070. The number of morpholine rings is 1. The lowest BCUT2D eigenvalue weighted by molar-refractivity contribution is -0.121. The molecule has 0 N–H and O–H groups in total. The third-order valence-corrected chi connectivity index (χ3v) is 12.4. The van der Waals surface area contributed by atoms with Crippen LogP contribution >= 0.6 is 0 Å². The molecule has 4 aliphatic carbocycles. The van der Waals surface area contributed by atoms with Gasteiger partial charge in [-0.1, -0.05) is 56.3 Å². The topological polar surface area (TPSA) is 12.5 Å². The molecule has 35 heavy (non-hydrogen) atoms. The monoisotopic (exact) mass is 471 g/mol. The normalized spacial score (nSPS) is 43.9. The fourth-order valence-electron chi connectivity index (χ4n) is 10.5. The first-order valence-electron chi connectivity index (χ1n) is 14.9. The minimum Gasteiger partial charge on any atom is -0.379 e. The fourth-order valence-corrected chi connectivity index (χ4v) is 10.5. The van der Waals surface area contributed by atoms with Crippen LogP contribution in [0.1, 0.15) is 83.1 Å². The molecule has 5 fully saturated rings. The average molecular weight is 472 g/mol. The van der Waals surface area contributed by atoms with Gasteiger partial charge in [0.25, 0.3) is 0 Å². The van der Waals surface area contributed by atoms with Gasteiger partial charge in [0, 0.05) is 19.1 Å². The number of rotatable bonds is 2. The van der Waals surface area contributed by atoms with E-state index < -0.39 is 0 Å². The van der Waals surface area contributed by atoms with Gasteiger partial charge in [-0.25, -0.2) is 0 Å². The molecule has 0 spiro atoms. The first kappa shape index (κ1) is 22.8. The van der Waals surface area contributed by atoms with Gasteiger partial charge in [0.05, 0.1) is 13.2 Å². The lowest BCUT2D eigenvalue weighted by Crippen LogP contribution is -2.56. The molecule has 1 heterocycles. The summed E-state index contributed by atoms with van der Waals surface area (Å²) >= 11 is 0. The molecule has 5 aliphatic rings. The molecule has 2 aromatic carbocycles. The molecule has 4 saturated carbocycles. The van der Waals surface area contributed by atoms with Gasteiger partial charge >= 0.3 is 0 Å². The minimum absolute atomic E-state index is 0.498. The first-order chi connectivity index (χ1) is 17.1. The Balaban J connectivity index is 1.11. The van der Waals surface area contributed by atoms with Crippen molar-refractivity contribution in [3.8, 4) is 0 Å². The highest BCUT2D eigenvalue weighted by Crippen LogP contribution is 2.69. The third-order valence-electron chi connectivity index (χ3n) is 12.4. The van der Waals surface area contributed by atoms with Gasteiger partial charge in [-0.3, -0.25) is 4.90 Å². The Kier molecular flexibility index (Phi) is 5.59. The van der Waals surface area contributed by atoms with Crippen molar-refractivity contribution < 1.29 is 4.74 Å². The fraction of sp³-hybridized carbons (Fsp3) is 0.697. The van der Waals surface area contributed by atoms with Gasteiger partial charge in [0.2, 0.25) is 0 Å². The molecule has 7 rings (SSSR count). The first-order valence-corrected chi connectivity index (χ1v) is 14.9. The molecule has 2 nitrogen and oxygen atoms in total. The zero-order chi connectivity index (χ0) is 23.6. The van der Waals surface area contributed by atoms with Gasteiger partial charge in [-0.15, -0.1) is 0 Å². The second-order valence-electron chi connectivity index (χ2n) is 13.5. The zero-order valence-electron chi connectivity index (χ0n) is 22.1. The molecule has 8 atom stereocenters. The van der Waals surface area contributed by atoms with Crippen molar-refractivity contribution in [1.82, 2.24) is 4.90 Å². The van der Waals surface area contributed by atoms with E-state index in [1.54, 1.807) is 5.56 Å². The van der Waals surface area contributed by atoms with Crippen molar-refractivity contribution in [2.24, 2.45) is 34.5 Å². The van der Waals surface area contributed by atoms with Crippen LogP contribution in [0.4, 0.5) is 0 Å². The summed E-state index contributed by atoms with van der Waals surface area (Å²) in [5.74, 6) is 4.58. The number of fused-ring (bicyclic) bond motifs is 6. The lowest BCUT2D eigenvalue weighted by Gasteiger charge is -2.61. The Labute approximate surface area is 212 Å². The lowest BCUT2D eigenvalue weighted by atomic mass is 9.44. The van der Waals surface area contributed by atoms with Gasteiger partial charge in [-0.2, -0.15) is 0 Å². The van der Waals surface area contributed by atoms with Gasteiger partial charge < -0.3 is 4.74 Å². The van der Waals surface area contributed by atoms with Gasteiger partial charge in [0.1, 0.15) is 0 Å². The highest BCUT2D eigenvalue weighted by atomic mass is 16.5. The molecule has 2 aromatic rings. The molecular formula is C33H45NO. The van der Waals surface area contributed by atoms with E-state index in [9.17, 15) is 0 Å². The molecule has 0 unspecified atom stereocenters. The van der Waals surface area contributed by atoms with E-state index in [4.69, 9.17) is 4.74 Å². The Morgan fingerprint density at radius 3 is 2.40 bits per heavy atom. The summed E-state index contributed by atoms with van der Waals surface area (Å²) in [4.78, 5) is 2.78. The maximum Gasteiger partial charge on any atom is 0.0594 e. The Hall–Kier alpha value is -1.38. The third kappa shape index (κ3) is 3.57. The van der Waals surface area contributed by atoms with Crippen molar-refractivity contribution in [2.75, 3.05) is 26.3 Å². The standard InChI is InChI=1S/C33H45NO/c1-32-15-13-27(34-17-19-35-20-18-34)22-26(32)9-10-28-30-12-11-29(33(30,2)16-14-31(28)32)25-8-7-23-5-3-4-6-24(23)21-25/h3-8,21,26-31H,9-20,22H2,1-2H3/t26-,27+,28-,29+,30-,31-,32-,33+/m0/s1. The summed E-state index contributed by atoms with van der Waals surface area (Å²) in [6.45, 7) is 9.66. The molecular weight excluding hydrogens is 426 g/mol. The molecule has 1 aliphatic heterocycles. The number of hydrogen-bond acceptors (Lipinski definition) is 2. The van der Waals surface area contributed by atoms with Crippen LogP contribution in [0.2, 0.25) is 0 Å². The van der Waals surface area contributed by atoms with Crippen molar-refractivity contribution in [1.29, 1.82) is 0 Å². The summed E-state index contributed by atoms with van der Waals surface area (Å²) in [5.41, 5.74) is 2.71. The SMILES string of the molecule is C[C@]12CC[C@@H](N3CCOCC3)C[C@@H]1CC[C@@H]1[C@@H]2CC[C@]2(C)[C@@H](c3ccc4ccccc4c3)CC[C@@H]12. The zero-order valence-corrected chi connectivity index (χ0v) is 22.1. The van der Waals surface area contributed by atoms with Crippen LogP contribution < -0.4 is 0 Å². The highest BCUT2D eigenvalue weighted by Gasteiger charge is 2.60. The van der Waals surface area contributed by atoms with E-state index >= 15 is 0 Å². The predicted molar refractivity (Wildman–Crippen MR) is 145 cm³/mol. The molecule has 1 saturated heterocycles. The Morgan fingerprint density at radius 1 is 0.771 bits per heavy atom. The van der Waals surface area contributed by atoms with Crippen LogP contribution in [-0.2, 0) is 4.74 Å².